The van der Waals surface area contributed by atoms with Crippen LogP contribution in [0.1, 0.15) is 25.0 Å². The smallest absolute Gasteiger partial charge is 0.191 e. The molecule has 0 aliphatic carbocycles. The predicted octanol–water partition coefficient (Wildman–Crippen LogP) is 4.01. The Kier molecular flexibility index (Phi) is 11.3. The molecule has 2 rings (SSSR count). The van der Waals surface area contributed by atoms with E-state index in [0.717, 1.165) is 42.5 Å². The normalized spacial score (nSPS) is 10.7. The van der Waals surface area contributed by atoms with Gasteiger partial charge in [-0.1, -0.05) is 30.3 Å². The molecule has 2 aromatic rings. The number of benzene rings is 2. The molecule has 0 unspecified atom stereocenters. The molecular formula is C21H30IN3O2. The molecule has 0 aliphatic heterocycles. The number of halogens is 1. The van der Waals surface area contributed by atoms with Crippen molar-refractivity contribution in [1.82, 2.24) is 10.6 Å². The van der Waals surface area contributed by atoms with E-state index in [9.17, 15) is 0 Å². The fraction of sp³-hybridized carbons (Fsp3) is 0.381. The average Bonchev–Trinajstić information content (AvgIpc) is 2.68. The van der Waals surface area contributed by atoms with Gasteiger partial charge in [0.25, 0.3) is 0 Å². The van der Waals surface area contributed by atoms with E-state index in [1.165, 1.54) is 5.56 Å². The molecule has 0 atom stereocenters. The van der Waals surface area contributed by atoms with Crippen LogP contribution >= 0.6 is 24.0 Å². The summed E-state index contributed by atoms with van der Waals surface area (Å²) in [5.74, 6) is 2.59. The van der Waals surface area contributed by atoms with Gasteiger partial charge < -0.3 is 20.1 Å². The summed E-state index contributed by atoms with van der Waals surface area (Å²) in [6, 6.07) is 16.2. The molecule has 5 nitrogen and oxygen atoms in total. The van der Waals surface area contributed by atoms with E-state index in [2.05, 4.69) is 40.7 Å². The van der Waals surface area contributed by atoms with E-state index >= 15 is 0 Å². The van der Waals surface area contributed by atoms with Gasteiger partial charge >= 0.3 is 0 Å². The Labute approximate surface area is 179 Å². The fourth-order valence-corrected chi connectivity index (χ4v) is 2.55. The fourth-order valence-electron chi connectivity index (χ4n) is 2.55. The summed E-state index contributed by atoms with van der Waals surface area (Å²) in [5, 5.41) is 6.67. The van der Waals surface area contributed by atoms with E-state index in [4.69, 9.17) is 9.47 Å². The van der Waals surface area contributed by atoms with Crippen LogP contribution in [0.5, 0.6) is 11.5 Å². The highest BCUT2D eigenvalue weighted by molar-refractivity contribution is 14.0. The van der Waals surface area contributed by atoms with Crippen LogP contribution in [0.4, 0.5) is 0 Å². The summed E-state index contributed by atoms with van der Waals surface area (Å²) in [5.41, 5.74) is 2.34. The van der Waals surface area contributed by atoms with Crippen molar-refractivity contribution in [3.63, 3.8) is 0 Å². The number of para-hydroxylation sites is 1. The summed E-state index contributed by atoms with van der Waals surface area (Å²) >= 11 is 0. The Balaban J connectivity index is 0.00000364. The van der Waals surface area contributed by atoms with Gasteiger partial charge in [0.15, 0.2) is 5.96 Å². The van der Waals surface area contributed by atoms with Crippen LogP contribution in [-0.4, -0.2) is 32.8 Å². The monoisotopic (exact) mass is 483 g/mol. The first-order chi connectivity index (χ1) is 12.8. The van der Waals surface area contributed by atoms with Gasteiger partial charge in [0, 0.05) is 18.7 Å². The molecule has 6 heteroatoms. The quantitative estimate of drug-likeness (QED) is 0.322. The molecule has 0 aromatic heterocycles. The van der Waals surface area contributed by atoms with Gasteiger partial charge in [-0.3, -0.25) is 0 Å². The first-order valence-corrected chi connectivity index (χ1v) is 9.12. The Bertz CT molecular complexity index is 690. The molecule has 2 aromatic carbocycles. The number of guanidine groups is 1. The van der Waals surface area contributed by atoms with Crippen molar-refractivity contribution >= 4 is 29.9 Å². The van der Waals surface area contributed by atoms with E-state index in [1.54, 1.807) is 7.11 Å². The summed E-state index contributed by atoms with van der Waals surface area (Å²) in [7, 11) is 1.68. The van der Waals surface area contributed by atoms with Gasteiger partial charge in [0.05, 0.1) is 20.3 Å². The van der Waals surface area contributed by atoms with E-state index in [0.29, 0.717) is 13.2 Å². The number of hydrogen-bond donors (Lipinski definition) is 2. The van der Waals surface area contributed by atoms with Crippen molar-refractivity contribution < 1.29 is 9.47 Å². The average molecular weight is 483 g/mol. The molecule has 0 heterocycles. The van der Waals surface area contributed by atoms with Gasteiger partial charge in [0.1, 0.15) is 11.5 Å². The summed E-state index contributed by atoms with van der Waals surface area (Å²) in [4.78, 5) is 4.68. The predicted molar refractivity (Wildman–Crippen MR) is 123 cm³/mol. The molecule has 0 saturated heterocycles. The molecule has 0 bridgehead atoms. The van der Waals surface area contributed by atoms with E-state index in [-0.39, 0.29) is 24.0 Å². The van der Waals surface area contributed by atoms with Crippen LogP contribution in [0.2, 0.25) is 0 Å². The van der Waals surface area contributed by atoms with Crippen LogP contribution in [0.15, 0.2) is 53.5 Å². The second kappa shape index (κ2) is 13.2. The number of methoxy groups -OCH3 is 1. The lowest BCUT2D eigenvalue weighted by Gasteiger charge is -2.13. The molecular weight excluding hydrogens is 453 g/mol. The van der Waals surface area contributed by atoms with Gasteiger partial charge in [-0.25, -0.2) is 4.99 Å². The van der Waals surface area contributed by atoms with Crippen LogP contribution in [0.25, 0.3) is 0 Å². The maximum absolute atomic E-state index is 5.67. The highest BCUT2D eigenvalue weighted by Crippen LogP contribution is 2.18. The van der Waals surface area contributed by atoms with E-state index in [1.807, 2.05) is 37.3 Å². The molecule has 0 aliphatic rings. The SMILES string of the molecule is CCNC(=NCc1ccccc1OCC)NCCc1ccc(OC)cc1.I. The first-order valence-electron chi connectivity index (χ1n) is 9.12. The largest absolute Gasteiger partial charge is 0.497 e. The molecule has 27 heavy (non-hydrogen) atoms. The van der Waals surface area contributed by atoms with Crippen molar-refractivity contribution in [3.05, 3.63) is 59.7 Å². The number of ether oxygens (including phenoxy) is 2. The first kappa shape index (κ1) is 23.1. The summed E-state index contributed by atoms with van der Waals surface area (Å²) in [6.45, 7) is 6.92. The van der Waals surface area contributed by atoms with Gasteiger partial charge in [0.2, 0.25) is 0 Å². The van der Waals surface area contributed by atoms with Crippen LogP contribution in [0.3, 0.4) is 0 Å². The number of rotatable bonds is 9. The Morgan fingerprint density at radius 2 is 1.74 bits per heavy atom. The molecule has 2 N–H and O–H groups in total. The molecule has 0 saturated carbocycles. The van der Waals surface area contributed by atoms with Crippen molar-refractivity contribution in [3.8, 4) is 11.5 Å². The minimum Gasteiger partial charge on any atom is -0.497 e. The Morgan fingerprint density at radius 3 is 2.41 bits per heavy atom. The maximum atomic E-state index is 5.67. The van der Waals surface area contributed by atoms with Crippen molar-refractivity contribution in [2.45, 2.75) is 26.8 Å². The lowest BCUT2D eigenvalue weighted by molar-refractivity contribution is 0.336. The zero-order valence-electron chi connectivity index (χ0n) is 16.3. The van der Waals surface area contributed by atoms with Gasteiger partial charge in [-0.2, -0.15) is 0 Å². The Morgan fingerprint density at radius 1 is 1.00 bits per heavy atom. The van der Waals surface area contributed by atoms with Crippen LogP contribution < -0.4 is 20.1 Å². The molecule has 0 amide bonds. The minimum absolute atomic E-state index is 0. The maximum Gasteiger partial charge on any atom is 0.191 e. The summed E-state index contributed by atoms with van der Waals surface area (Å²) in [6.07, 6.45) is 0.921. The number of nitrogens with zero attached hydrogens (tertiary/aromatic N) is 1. The van der Waals surface area contributed by atoms with Crippen molar-refractivity contribution in [2.75, 3.05) is 26.8 Å². The standard InChI is InChI=1S/C21H29N3O2.HI/c1-4-22-21(23-15-14-17-10-12-19(25-3)13-11-17)24-16-18-8-6-7-9-20(18)26-5-2;/h6-13H,4-5,14-16H2,1-3H3,(H2,22,23,24);1H. The zero-order chi connectivity index (χ0) is 18.6. The topological polar surface area (TPSA) is 54.9 Å². The Hall–Kier alpha value is -1.96. The summed E-state index contributed by atoms with van der Waals surface area (Å²) < 4.78 is 10.9. The third-order valence-electron chi connectivity index (χ3n) is 3.89. The highest BCUT2D eigenvalue weighted by Gasteiger charge is 2.03. The second-order valence-corrected chi connectivity index (χ2v) is 5.76. The zero-order valence-corrected chi connectivity index (χ0v) is 18.7. The number of aliphatic imine (C=N–C) groups is 1. The second-order valence-electron chi connectivity index (χ2n) is 5.76. The third kappa shape index (κ3) is 8.07. The lowest BCUT2D eigenvalue weighted by Crippen LogP contribution is -2.38. The third-order valence-corrected chi connectivity index (χ3v) is 3.89. The number of hydrogen-bond acceptors (Lipinski definition) is 3. The van der Waals surface area contributed by atoms with Crippen LogP contribution in [-0.2, 0) is 13.0 Å². The lowest BCUT2D eigenvalue weighted by atomic mass is 10.1. The van der Waals surface area contributed by atoms with Crippen molar-refractivity contribution in [1.29, 1.82) is 0 Å². The van der Waals surface area contributed by atoms with Crippen LogP contribution in [0, 0.1) is 0 Å². The van der Waals surface area contributed by atoms with Gasteiger partial charge in [-0.15, -0.1) is 24.0 Å². The van der Waals surface area contributed by atoms with E-state index < -0.39 is 0 Å². The molecule has 0 spiro atoms. The number of nitrogens with one attached hydrogen (secondary N) is 2. The molecule has 0 fully saturated rings. The molecule has 148 valence electrons. The van der Waals surface area contributed by atoms with Gasteiger partial charge in [-0.05, 0) is 44.0 Å². The van der Waals surface area contributed by atoms with Crippen molar-refractivity contribution in [2.24, 2.45) is 4.99 Å². The minimum atomic E-state index is 0. The highest BCUT2D eigenvalue weighted by atomic mass is 127. The molecule has 0 radical (unpaired) electrons.